The number of benzene rings is 2. The topological polar surface area (TPSA) is 96.5 Å². The molecule has 0 amide bonds. The Morgan fingerprint density at radius 2 is 1.78 bits per heavy atom. The minimum atomic E-state index is 0.437. The number of hydrogen-bond donors (Lipinski definition) is 2. The third-order valence-corrected chi connectivity index (χ3v) is 5.14. The lowest BCUT2D eigenvalue weighted by atomic mass is 10.1. The fourth-order valence-electron chi connectivity index (χ4n) is 3.53. The molecule has 0 saturated carbocycles. The number of nitrogens with two attached hydrogens (primary N) is 1. The molecule has 2 heterocycles. The van der Waals surface area contributed by atoms with Crippen molar-refractivity contribution in [1.82, 2.24) is 19.9 Å². The zero-order valence-corrected chi connectivity index (χ0v) is 18.2. The molecule has 2 aromatic carbocycles. The first-order valence-electron chi connectivity index (χ1n) is 10.4. The maximum atomic E-state index is 6.25. The SMILES string of the molecule is COCCNCCOc1ccc(-n2cc(-c3cccc(OC)c3)c3c(N)ncnc32)cc1. The van der Waals surface area contributed by atoms with Gasteiger partial charge in [-0.3, -0.25) is 0 Å². The van der Waals surface area contributed by atoms with E-state index in [9.17, 15) is 0 Å². The Bertz CT molecular complexity index is 1170. The van der Waals surface area contributed by atoms with Crippen LogP contribution >= 0.6 is 0 Å². The van der Waals surface area contributed by atoms with Crippen LogP contribution in [-0.2, 0) is 4.74 Å². The number of anilines is 1. The highest BCUT2D eigenvalue weighted by Gasteiger charge is 2.16. The van der Waals surface area contributed by atoms with E-state index in [1.165, 1.54) is 6.33 Å². The van der Waals surface area contributed by atoms with Crippen molar-refractivity contribution < 1.29 is 14.2 Å². The van der Waals surface area contributed by atoms with Crippen LogP contribution in [0.15, 0.2) is 61.1 Å². The van der Waals surface area contributed by atoms with Crippen molar-refractivity contribution in [2.75, 3.05) is 46.3 Å². The summed E-state index contributed by atoms with van der Waals surface area (Å²) in [6, 6.07) is 15.8. The van der Waals surface area contributed by atoms with Crippen molar-refractivity contribution in [3.05, 3.63) is 61.1 Å². The van der Waals surface area contributed by atoms with Crippen LogP contribution in [-0.4, -0.2) is 55.1 Å². The Morgan fingerprint density at radius 3 is 2.56 bits per heavy atom. The molecule has 0 radical (unpaired) electrons. The second-order valence-electron chi connectivity index (χ2n) is 7.19. The lowest BCUT2D eigenvalue weighted by molar-refractivity contribution is 0.197. The van der Waals surface area contributed by atoms with Gasteiger partial charge in [-0.15, -0.1) is 0 Å². The number of aromatic nitrogens is 3. The molecule has 0 atom stereocenters. The van der Waals surface area contributed by atoms with Gasteiger partial charge in [0.2, 0.25) is 0 Å². The van der Waals surface area contributed by atoms with Gasteiger partial charge in [-0.25, -0.2) is 9.97 Å². The van der Waals surface area contributed by atoms with Crippen LogP contribution in [0.4, 0.5) is 5.82 Å². The van der Waals surface area contributed by atoms with Crippen molar-refractivity contribution in [2.45, 2.75) is 0 Å². The Kier molecular flexibility index (Phi) is 6.84. The molecular weight excluding hydrogens is 406 g/mol. The molecule has 0 unspecified atom stereocenters. The number of nitrogens with zero attached hydrogens (tertiary/aromatic N) is 3. The second kappa shape index (κ2) is 10.1. The molecule has 0 saturated heterocycles. The molecule has 166 valence electrons. The molecule has 8 heteroatoms. The third kappa shape index (κ3) is 4.66. The number of nitrogens with one attached hydrogen (secondary N) is 1. The van der Waals surface area contributed by atoms with Crippen LogP contribution < -0.4 is 20.5 Å². The molecule has 8 nitrogen and oxygen atoms in total. The molecule has 4 rings (SSSR count). The first kappa shape index (κ1) is 21.6. The lowest BCUT2D eigenvalue weighted by Gasteiger charge is -2.09. The quantitative estimate of drug-likeness (QED) is 0.371. The highest BCUT2D eigenvalue weighted by Crippen LogP contribution is 2.35. The largest absolute Gasteiger partial charge is 0.497 e. The summed E-state index contributed by atoms with van der Waals surface area (Å²) >= 11 is 0. The molecule has 0 aliphatic heterocycles. The number of fused-ring (bicyclic) bond motifs is 1. The first-order chi connectivity index (χ1) is 15.7. The smallest absolute Gasteiger partial charge is 0.150 e. The lowest BCUT2D eigenvalue weighted by Crippen LogP contribution is -2.24. The van der Waals surface area contributed by atoms with Crippen LogP contribution in [0.25, 0.3) is 27.8 Å². The summed E-state index contributed by atoms with van der Waals surface area (Å²) in [5.74, 6) is 2.02. The van der Waals surface area contributed by atoms with E-state index in [-0.39, 0.29) is 0 Å². The van der Waals surface area contributed by atoms with E-state index in [0.717, 1.165) is 52.4 Å². The van der Waals surface area contributed by atoms with Crippen LogP contribution in [0.3, 0.4) is 0 Å². The maximum absolute atomic E-state index is 6.25. The Hall–Kier alpha value is -3.62. The van der Waals surface area contributed by atoms with Gasteiger partial charge in [-0.1, -0.05) is 12.1 Å². The molecule has 0 bridgehead atoms. The predicted molar refractivity (Wildman–Crippen MR) is 126 cm³/mol. The Balaban J connectivity index is 1.60. The number of ether oxygens (including phenoxy) is 3. The van der Waals surface area contributed by atoms with Crippen LogP contribution in [0.1, 0.15) is 0 Å². The van der Waals surface area contributed by atoms with E-state index >= 15 is 0 Å². The number of nitrogen functional groups attached to an aromatic ring is 1. The normalized spacial score (nSPS) is 11.1. The molecule has 3 N–H and O–H groups in total. The van der Waals surface area contributed by atoms with Crippen LogP contribution in [0, 0.1) is 0 Å². The number of hydrogen-bond acceptors (Lipinski definition) is 7. The molecule has 0 aliphatic carbocycles. The van der Waals surface area contributed by atoms with E-state index in [1.54, 1.807) is 14.2 Å². The summed E-state index contributed by atoms with van der Waals surface area (Å²) in [6.45, 7) is 2.83. The fourth-order valence-corrected chi connectivity index (χ4v) is 3.53. The highest BCUT2D eigenvalue weighted by atomic mass is 16.5. The van der Waals surface area contributed by atoms with Gasteiger partial charge in [-0.05, 0) is 42.0 Å². The van der Waals surface area contributed by atoms with E-state index < -0.39 is 0 Å². The molecule has 4 aromatic rings. The van der Waals surface area contributed by atoms with Crippen molar-refractivity contribution in [1.29, 1.82) is 0 Å². The van der Waals surface area contributed by atoms with Gasteiger partial charge in [0.25, 0.3) is 0 Å². The molecule has 0 spiro atoms. The average molecular weight is 434 g/mol. The maximum Gasteiger partial charge on any atom is 0.150 e. The van der Waals surface area contributed by atoms with Gasteiger partial charge in [-0.2, -0.15) is 0 Å². The van der Waals surface area contributed by atoms with E-state index in [2.05, 4.69) is 15.3 Å². The summed E-state index contributed by atoms with van der Waals surface area (Å²) in [7, 11) is 3.34. The predicted octanol–water partition coefficient (Wildman–Crippen LogP) is 3.29. The van der Waals surface area contributed by atoms with Gasteiger partial charge in [0, 0.05) is 37.6 Å². The summed E-state index contributed by atoms with van der Waals surface area (Å²) in [5.41, 5.74) is 9.87. The van der Waals surface area contributed by atoms with Crippen molar-refractivity contribution in [3.8, 4) is 28.3 Å². The zero-order valence-electron chi connectivity index (χ0n) is 18.2. The van der Waals surface area contributed by atoms with Crippen molar-refractivity contribution >= 4 is 16.9 Å². The van der Waals surface area contributed by atoms with Crippen LogP contribution in [0.5, 0.6) is 11.5 Å². The van der Waals surface area contributed by atoms with Crippen molar-refractivity contribution in [2.24, 2.45) is 0 Å². The summed E-state index contributed by atoms with van der Waals surface area (Å²) in [6.07, 6.45) is 3.51. The fraction of sp³-hybridized carbons (Fsp3) is 0.250. The number of methoxy groups -OCH3 is 2. The third-order valence-electron chi connectivity index (χ3n) is 5.14. The Labute approximate surface area is 187 Å². The summed E-state index contributed by atoms with van der Waals surface area (Å²) < 4.78 is 18.2. The second-order valence-corrected chi connectivity index (χ2v) is 7.19. The standard InChI is InChI=1S/C24H27N5O3/c1-30-12-10-26-11-13-32-19-8-6-18(7-9-19)29-15-21(17-4-3-5-20(14-17)31-2)22-23(25)27-16-28-24(22)29/h3-9,14-16,26H,10-13H2,1-2H3,(H2,25,27,28). The van der Waals surface area contributed by atoms with E-state index in [4.69, 9.17) is 19.9 Å². The van der Waals surface area contributed by atoms with Gasteiger partial charge < -0.3 is 29.8 Å². The summed E-state index contributed by atoms with van der Waals surface area (Å²) in [5, 5.41) is 4.07. The molecule has 0 aliphatic rings. The zero-order chi connectivity index (χ0) is 22.3. The van der Waals surface area contributed by atoms with E-state index in [1.807, 2.05) is 59.3 Å². The minimum absolute atomic E-state index is 0.437. The molecule has 2 aromatic heterocycles. The van der Waals surface area contributed by atoms with Gasteiger partial charge >= 0.3 is 0 Å². The first-order valence-corrected chi connectivity index (χ1v) is 10.4. The molecule has 32 heavy (non-hydrogen) atoms. The molecular formula is C24H27N5O3. The van der Waals surface area contributed by atoms with E-state index in [0.29, 0.717) is 19.0 Å². The van der Waals surface area contributed by atoms with Gasteiger partial charge in [0.15, 0.2) is 5.65 Å². The molecule has 0 fully saturated rings. The van der Waals surface area contributed by atoms with Crippen LogP contribution in [0.2, 0.25) is 0 Å². The monoisotopic (exact) mass is 433 g/mol. The highest BCUT2D eigenvalue weighted by molar-refractivity contribution is 6.01. The Morgan fingerprint density at radius 1 is 0.969 bits per heavy atom. The van der Waals surface area contributed by atoms with Gasteiger partial charge in [0.1, 0.15) is 30.3 Å². The number of rotatable bonds is 10. The average Bonchev–Trinajstić information content (AvgIpc) is 3.23. The van der Waals surface area contributed by atoms with Crippen molar-refractivity contribution in [3.63, 3.8) is 0 Å². The van der Waals surface area contributed by atoms with Gasteiger partial charge in [0.05, 0.1) is 19.1 Å². The minimum Gasteiger partial charge on any atom is -0.497 e. The summed E-state index contributed by atoms with van der Waals surface area (Å²) in [4.78, 5) is 8.71.